The lowest BCUT2D eigenvalue weighted by Crippen LogP contribution is -2.66. The van der Waals surface area contributed by atoms with Gasteiger partial charge in [0.25, 0.3) is 0 Å². The van der Waals surface area contributed by atoms with Gasteiger partial charge in [0.05, 0.1) is 18.1 Å². The number of rotatable bonds is 13. The zero-order valence-electron chi connectivity index (χ0n) is 27.5. The number of hydrogen-bond donors (Lipinski definition) is 4. The van der Waals surface area contributed by atoms with Crippen molar-refractivity contribution < 1.29 is 4.79 Å². The van der Waals surface area contributed by atoms with E-state index < -0.39 is 12.1 Å². The molecule has 0 aromatic rings. The van der Waals surface area contributed by atoms with Crippen LogP contribution in [0.3, 0.4) is 0 Å². The molecule has 5 aliphatic rings. The normalized spacial score (nSPS) is 37.6. The molecule has 6 unspecified atom stereocenters. The predicted octanol–water partition coefficient (Wildman–Crippen LogP) is 3.84. The number of carbonyl (C=O) groups is 1. The van der Waals surface area contributed by atoms with Gasteiger partial charge in [-0.05, 0) is 75.4 Å². The van der Waals surface area contributed by atoms with Crippen molar-refractivity contribution in [2.24, 2.45) is 28.2 Å². The molecule has 8 nitrogen and oxygen atoms in total. The molecule has 1 aliphatic carbocycles. The molecule has 5 rings (SSSR count). The van der Waals surface area contributed by atoms with Crippen molar-refractivity contribution in [3.63, 3.8) is 0 Å². The van der Waals surface area contributed by atoms with Gasteiger partial charge in [-0.25, -0.2) is 0 Å². The minimum Gasteiger partial charge on any atom is -0.350 e. The van der Waals surface area contributed by atoms with E-state index in [1.807, 2.05) is 0 Å². The molecule has 0 aromatic carbocycles. The predicted molar refractivity (Wildman–Crippen MR) is 178 cm³/mol. The maximum atomic E-state index is 14.4. The molecular formula is C34H62ClN7O. The fourth-order valence-corrected chi connectivity index (χ4v) is 9.62. The van der Waals surface area contributed by atoms with Gasteiger partial charge in [-0.3, -0.25) is 14.6 Å². The van der Waals surface area contributed by atoms with Gasteiger partial charge < -0.3 is 27.0 Å². The summed E-state index contributed by atoms with van der Waals surface area (Å²) < 4.78 is 0. The van der Waals surface area contributed by atoms with Gasteiger partial charge >= 0.3 is 0 Å². The Morgan fingerprint density at radius 3 is 2.63 bits per heavy atom. The third-order valence-corrected chi connectivity index (χ3v) is 12.2. The van der Waals surface area contributed by atoms with E-state index in [1.54, 1.807) is 0 Å². The van der Waals surface area contributed by atoms with Crippen molar-refractivity contribution >= 4 is 17.5 Å². The van der Waals surface area contributed by atoms with Gasteiger partial charge in [-0.2, -0.15) is 0 Å². The summed E-state index contributed by atoms with van der Waals surface area (Å²) in [6, 6.07) is 1.01. The molecule has 3 saturated heterocycles. The first-order chi connectivity index (χ1) is 20.7. The standard InChI is InChI=1S/C34H62ClN7O/c1-4-6-8-9-14-40-16-12-29(42-18-17-41-15-10-11-26(41)22-42)28(23-40)39-32(43)30(31(36)37)27-20-34(13-7-5-2)24-33(34,3)19-25(35)21-38-27/h19,26-31,38H,4-18,20-24,36-37H2,1-3H3,(H,39,43)/b25-19+/t26-,27?,28?,29?,30?,33?,34?/m1/s1. The fourth-order valence-electron chi connectivity index (χ4n) is 9.30. The molecule has 43 heavy (non-hydrogen) atoms. The highest BCUT2D eigenvalue weighted by molar-refractivity contribution is 6.29. The third kappa shape index (κ3) is 7.81. The Morgan fingerprint density at radius 1 is 1.07 bits per heavy atom. The molecule has 246 valence electrons. The number of piperazine rings is 1. The average Bonchev–Trinajstić information content (AvgIpc) is 3.27. The molecule has 7 atom stereocenters. The zero-order chi connectivity index (χ0) is 30.6. The Labute approximate surface area is 267 Å². The van der Waals surface area contributed by atoms with Gasteiger partial charge in [0.15, 0.2) is 0 Å². The average molecular weight is 620 g/mol. The smallest absolute Gasteiger partial charge is 0.227 e. The van der Waals surface area contributed by atoms with E-state index in [0.717, 1.165) is 70.0 Å². The number of fused-ring (bicyclic) bond motifs is 2. The number of nitrogens with one attached hydrogen (secondary N) is 2. The van der Waals surface area contributed by atoms with Crippen LogP contribution < -0.4 is 22.1 Å². The third-order valence-electron chi connectivity index (χ3n) is 12.0. The van der Waals surface area contributed by atoms with Crippen LogP contribution in [-0.4, -0.2) is 103 Å². The van der Waals surface area contributed by atoms with Crippen LogP contribution in [-0.2, 0) is 4.79 Å². The van der Waals surface area contributed by atoms with Crippen molar-refractivity contribution in [1.82, 2.24) is 25.3 Å². The van der Waals surface area contributed by atoms with E-state index in [4.69, 9.17) is 23.1 Å². The highest BCUT2D eigenvalue weighted by Crippen LogP contribution is 2.70. The molecule has 0 spiro atoms. The number of nitrogens with two attached hydrogens (primary N) is 2. The number of allylic oxidation sites excluding steroid dienone is 1. The number of nitrogens with zero attached hydrogens (tertiary/aromatic N) is 3. The van der Waals surface area contributed by atoms with Crippen LogP contribution in [0.1, 0.15) is 97.8 Å². The highest BCUT2D eigenvalue weighted by atomic mass is 35.5. The molecule has 4 fully saturated rings. The first-order valence-corrected chi connectivity index (χ1v) is 18.2. The van der Waals surface area contributed by atoms with Gasteiger partial charge in [-0.15, -0.1) is 0 Å². The first kappa shape index (κ1) is 33.6. The first-order valence-electron chi connectivity index (χ1n) is 17.8. The summed E-state index contributed by atoms with van der Waals surface area (Å²) in [7, 11) is 0. The van der Waals surface area contributed by atoms with Crippen molar-refractivity contribution in [3.05, 3.63) is 11.1 Å². The van der Waals surface area contributed by atoms with Gasteiger partial charge in [-0.1, -0.05) is 70.6 Å². The van der Waals surface area contributed by atoms with E-state index in [-0.39, 0.29) is 28.8 Å². The minimum absolute atomic E-state index is 0.0171. The lowest BCUT2D eigenvalue weighted by Gasteiger charge is -2.48. The quantitative estimate of drug-likeness (QED) is 0.184. The molecule has 1 amide bonds. The molecular weight excluding hydrogens is 558 g/mol. The summed E-state index contributed by atoms with van der Waals surface area (Å²) in [4.78, 5) is 22.3. The number of piperidine rings is 1. The maximum absolute atomic E-state index is 14.4. The van der Waals surface area contributed by atoms with Crippen molar-refractivity contribution in [1.29, 1.82) is 0 Å². The van der Waals surface area contributed by atoms with Gasteiger partial charge in [0.2, 0.25) is 5.91 Å². The SMILES string of the molecule is CCCCCCN1CCC(N2CCN3CCC[C@@H]3C2)C(NC(=O)C(C(N)N)C2CC3(CCCC)CC3(C)/C=C(/Cl)CN2)C1. The number of halogens is 1. The summed E-state index contributed by atoms with van der Waals surface area (Å²) in [5, 5.41) is 8.08. The fraction of sp³-hybridized carbons (Fsp3) is 0.912. The molecule has 4 heterocycles. The Bertz CT molecular complexity index is 963. The van der Waals surface area contributed by atoms with Gasteiger partial charge in [0, 0.05) is 55.9 Å². The summed E-state index contributed by atoms with van der Waals surface area (Å²) in [5.74, 6) is -0.485. The molecule has 0 aromatic heterocycles. The lowest BCUT2D eigenvalue weighted by molar-refractivity contribution is -0.129. The van der Waals surface area contributed by atoms with E-state index in [9.17, 15) is 4.79 Å². The van der Waals surface area contributed by atoms with E-state index in [1.165, 1.54) is 57.9 Å². The minimum atomic E-state index is -0.734. The zero-order valence-corrected chi connectivity index (χ0v) is 28.2. The molecule has 6 N–H and O–H groups in total. The van der Waals surface area contributed by atoms with Crippen LogP contribution in [0.4, 0.5) is 0 Å². The highest BCUT2D eigenvalue weighted by Gasteiger charge is 2.63. The summed E-state index contributed by atoms with van der Waals surface area (Å²) >= 11 is 6.73. The van der Waals surface area contributed by atoms with Crippen LogP contribution in [0, 0.1) is 16.7 Å². The molecule has 0 bridgehead atoms. The summed E-state index contributed by atoms with van der Waals surface area (Å²) in [6.45, 7) is 15.2. The summed E-state index contributed by atoms with van der Waals surface area (Å²) in [5.41, 5.74) is 13.2. The van der Waals surface area contributed by atoms with Crippen LogP contribution in [0.2, 0.25) is 0 Å². The van der Waals surface area contributed by atoms with Crippen molar-refractivity contribution in [2.45, 2.75) is 128 Å². The Morgan fingerprint density at radius 2 is 1.86 bits per heavy atom. The van der Waals surface area contributed by atoms with E-state index in [2.05, 4.69) is 52.2 Å². The van der Waals surface area contributed by atoms with Crippen LogP contribution in [0.5, 0.6) is 0 Å². The van der Waals surface area contributed by atoms with E-state index >= 15 is 0 Å². The van der Waals surface area contributed by atoms with Crippen LogP contribution in [0.25, 0.3) is 0 Å². The van der Waals surface area contributed by atoms with Crippen molar-refractivity contribution in [2.75, 3.05) is 52.4 Å². The lowest BCUT2D eigenvalue weighted by atomic mass is 9.78. The molecule has 0 radical (unpaired) electrons. The topological polar surface area (TPSA) is 103 Å². The number of likely N-dealkylation sites (tertiary alicyclic amines) is 1. The number of amides is 1. The second-order valence-electron chi connectivity index (χ2n) is 15.0. The van der Waals surface area contributed by atoms with Gasteiger partial charge in [0.1, 0.15) is 0 Å². The Hall–Kier alpha value is -0.740. The maximum Gasteiger partial charge on any atom is 0.227 e. The monoisotopic (exact) mass is 619 g/mol. The second kappa shape index (κ2) is 14.8. The number of carbonyl (C=O) groups excluding carboxylic acids is 1. The number of hydrogen-bond acceptors (Lipinski definition) is 7. The van der Waals surface area contributed by atoms with Crippen LogP contribution >= 0.6 is 11.6 Å². The Balaban J connectivity index is 1.31. The second-order valence-corrected chi connectivity index (χ2v) is 15.5. The van der Waals surface area contributed by atoms with E-state index in [0.29, 0.717) is 18.6 Å². The number of unbranched alkanes of at least 4 members (excludes halogenated alkanes) is 4. The molecule has 4 aliphatic heterocycles. The van der Waals surface area contributed by atoms with Crippen LogP contribution in [0.15, 0.2) is 11.1 Å². The Kier molecular flexibility index (Phi) is 11.6. The molecule has 9 heteroatoms. The van der Waals surface area contributed by atoms with Crippen molar-refractivity contribution in [3.8, 4) is 0 Å². The largest absolute Gasteiger partial charge is 0.350 e. The molecule has 1 saturated carbocycles. The summed E-state index contributed by atoms with van der Waals surface area (Å²) in [6.07, 6.45) is 15.9.